The summed E-state index contributed by atoms with van der Waals surface area (Å²) in [7, 11) is 0. The van der Waals surface area contributed by atoms with Crippen molar-refractivity contribution in [2.75, 3.05) is 26.3 Å². The number of rotatable bonds is 3. The first-order chi connectivity index (χ1) is 9.66. The molecule has 0 aliphatic carbocycles. The Hall–Kier alpha value is -1.86. The van der Waals surface area contributed by atoms with Crippen LogP contribution in [0.25, 0.3) is 10.2 Å². The molecule has 0 unspecified atom stereocenters. The maximum Gasteiger partial charge on any atom is 0.346 e. The molecule has 1 aliphatic rings. The number of carbonyl (C=O) groups is 2. The molecule has 1 saturated heterocycles. The molecular weight excluding hydrogens is 280 g/mol. The van der Waals surface area contributed by atoms with Gasteiger partial charge in [0.05, 0.1) is 29.9 Å². The van der Waals surface area contributed by atoms with Crippen molar-refractivity contribution < 1.29 is 19.4 Å². The van der Waals surface area contributed by atoms with Crippen molar-refractivity contribution in [2.24, 2.45) is 0 Å². The number of aromatic carboxylic acids is 1. The van der Waals surface area contributed by atoms with E-state index in [9.17, 15) is 14.7 Å². The number of nitrogens with one attached hydrogen (secondary N) is 1. The first kappa shape index (κ1) is 13.1. The number of ether oxygens (including phenoxy) is 1. The van der Waals surface area contributed by atoms with Gasteiger partial charge in [-0.15, -0.1) is 11.3 Å². The second-order valence-corrected chi connectivity index (χ2v) is 5.65. The molecule has 1 fully saturated rings. The molecule has 0 spiro atoms. The minimum absolute atomic E-state index is 0.0508. The Kier molecular flexibility index (Phi) is 3.45. The number of carboxylic acid groups (broad SMARTS) is 1. The lowest BCUT2D eigenvalue weighted by Gasteiger charge is -2.26. The third-order valence-corrected chi connectivity index (χ3v) is 4.57. The Morgan fingerprint density at radius 1 is 1.40 bits per heavy atom. The van der Waals surface area contributed by atoms with E-state index in [0.717, 1.165) is 10.2 Å². The third-order valence-electron chi connectivity index (χ3n) is 3.38. The minimum atomic E-state index is -0.982. The fraction of sp³-hybridized carbons (Fsp3) is 0.385. The molecule has 2 N–H and O–H groups in total. The van der Waals surface area contributed by atoms with Gasteiger partial charge in [-0.3, -0.25) is 4.79 Å². The highest BCUT2D eigenvalue weighted by Crippen LogP contribution is 2.31. The maximum absolute atomic E-state index is 12.3. The standard InChI is InChI=1S/C13H14N2O4S/c16-10(15-3-5-19-6-4-15)7-8-11-9(1-2-14-11)20-12(8)13(17)18/h1-2,14H,3-7H2,(H,17,18). The molecule has 0 bridgehead atoms. The lowest BCUT2D eigenvalue weighted by molar-refractivity contribution is -0.134. The maximum atomic E-state index is 12.3. The number of carboxylic acids is 1. The topological polar surface area (TPSA) is 82.6 Å². The van der Waals surface area contributed by atoms with E-state index in [1.165, 1.54) is 11.3 Å². The van der Waals surface area contributed by atoms with Gasteiger partial charge in [-0.25, -0.2) is 4.79 Å². The van der Waals surface area contributed by atoms with Crippen LogP contribution in [-0.4, -0.2) is 53.2 Å². The van der Waals surface area contributed by atoms with Gasteiger partial charge >= 0.3 is 5.97 Å². The molecule has 2 aromatic heterocycles. The molecule has 1 amide bonds. The highest BCUT2D eigenvalue weighted by Gasteiger charge is 2.24. The Morgan fingerprint density at radius 3 is 2.85 bits per heavy atom. The van der Waals surface area contributed by atoms with Crippen molar-refractivity contribution in [3.8, 4) is 0 Å². The first-order valence-electron chi connectivity index (χ1n) is 6.34. The van der Waals surface area contributed by atoms with Crippen LogP contribution in [0.2, 0.25) is 0 Å². The summed E-state index contributed by atoms with van der Waals surface area (Å²) in [6.07, 6.45) is 1.87. The van der Waals surface area contributed by atoms with Gasteiger partial charge in [0.2, 0.25) is 5.91 Å². The average Bonchev–Trinajstić information content (AvgIpc) is 3.02. The number of nitrogens with zero attached hydrogens (tertiary/aromatic N) is 1. The number of amides is 1. The van der Waals surface area contributed by atoms with Gasteiger partial charge in [-0.05, 0) is 6.07 Å². The molecule has 0 atom stereocenters. The summed E-state index contributed by atoms with van der Waals surface area (Å²) in [6, 6.07) is 1.83. The lowest BCUT2D eigenvalue weighted by atomic mass is 10.1. The van der Waals surface area contributed by atoms with Crippen LogP contribution in [0.3, 0.4) is 0 Å². The predicted molar refractivity (Wildman–Crippen MR) is 74.2 cm³/mol. The van der Waals surface area contributed by atoms with Gasteiger partial charge in [0.1, 0.15) is 4.88 Å². The van der Waals surface area contributed by atoms with Gasteiger partial charge < -0.3 is 19.7 Å². The molecule has 7 heteroatoms. The number of H-pyrrole nitrogens is 1. The summed E-state index contributed by atoms with van der Waals surface area (Å²) in [5.74, 6) is -1.03. The van der Waals surface area contributed by atoms with E-state index in [-0.39, 0.29) is 17.2 Å². The smallest absolute Gasteiger partial charge is 0.346 e. The summed E-state index contributed by atoms with van der Waals surface area (Å²) in [6.45, 7) is 2.22. The van der Waals surface area contributed by atoms with E-state index in [1.807, 2.05) is 6.07 Å². The normalized spacial score (nSPS) is 15.7. The van der Waals surface area contributed by atoms with Crippen molar-refractivity contribution in [2.45, 2.75) is 6.42 Å². The second kappa shape index (κ2) is 5.26. The zero-order valence-electron chi connectivity index (χ0n) is 10.7. The number of morpholine rings is 1. The third kappa shape index (κ3) is 2.30. The zero-order valence-corrected chi connectivity index (χ0v) is 11.5. The molecule has 1 aliphatic heterocycles. The molecule has 0 radical (unpaired) electrons. The van der Waals surface area contributed by atoms with Crippen LogP contribution < -0.4 is 0 Å². The first-order valence-corrected chi connectivity index (χ1v) is 7.16. The number of thiophene rings is 1. The lowest BCUT2D eigenvalue weighted by Crippen LogP contribution is -2.41. The molecule has 3 heterocycles. The quantitative estimate of drug-likeness (QED) is 0.894. The molecular formula is C13H14N2O4S. The monoisotopic (exact) mass is 294 g/mol. The van der Waals surface area contributed by atoms with Crippen LogP contribution in [0.15, 0.2) is 12.3 Å². The van der Waals surface area contributed by atoms with Crippen molar-refractivity contribution in [3.05, 3.63) is 22.7 Å². The molecule has 6 nitrogen and oxygen atoms in total. The van der Waals surface area contributed by atoms with Crippen LogP contribution in [0.1, 0.15) is 15.2 Å². The van der Waals surface area contributed by atoms with Crippen molar-refractivity contribution in [3.63, 3.8) is 0 Å². The molecule has 0 aromatic carbocycles. The fourth-order valence-electron chi connectivity index (χ4n) is 2.38. The summed E-state index contributed by atoms with van der Waals surface area (Å²) in [4.78, 5) is 28.6. The Morgan fingerprint density at radius 2 is 2.15 bits per heavy atom. The highest BCUT2D eigenvalue weighted by atomic mass is 32.1. The largest absolute Gasteiger partial charge is 0.477 e. The molecule has 2 aromatic rings. The van der Waals surface area contributed by atoms with Crippen molar-refractivity contribution in [1.82, 2.24) is 9.88 Å². The van der Waals surface area contributed by atoms with Crippen LogP contribution in [0.5, 0.6) is 0 Å². The number of aromatic amines is 1. The number of hydrogen-bond donors (Lipinski definition) is 2. The number of aromatic nitrogens is 1. The van der Waals surface area contributed by atoms with E-state index in [0.29, 0.717) is 31.9 Å². The number of fused-ring (bicyclic) bond motifs is 1. The van der Waals surface area contributed by atoms with Gasteiger partial charge in [0.15, 0.2) is 0 Å². The van der Waals surface area contributed by atoms with Gasteiger partial charge in [0.25, 0.3) is 0 Å². The van der Waals surface area contributed by atoms with Crippen LogP contribution in [0, 0.1) is 0 Å². The van der Waals surface area contributed by atoms with E-state index in [4.69, 9.17) is 4.74 Å². The van der Waals surface area contributed by atoms with Crippen LogP contribution in [0.4, 0.5) is 0 Å². The Labute approximate surface area is 119 Å². The van der Waals surface area contributed by atoms with E-state index in [2.05, 4.69) is 4.98 Å². The Balaban J connectivity index is 1.88. The van der Waals surface area contributed by atoms with E-state index in [1.54, 1.807) is 11.1 Å². The molecule has 106 valence electrons. The Bertz CT molecular complexity index is 654. The zero-order chi connectivity index (χ0) is 14.1. The summed E-state index contributed by atoms with van der Waals surface area (Å²) in [5, 5.41) is 9.26. The van der Waals surface area contributed by atoms with Crippen molar-refractivity contribution in [1.29, 1.82) is 0 Å². The molecule has 3 rings (SSSR count). The average molecular weight is 294 g/mol. The van der Waals surface area contributed by atoms with Gasteiger partial charge in [0, 0.05) is 24.8 Å². The summed E-state index contributed by atoms with van der Waals surface area (Å²) in [5.41, 5.74) is 1.34. The van der Waals surface area contributed by atoms with E-state index < -0.39 is 5.97 Å². The predicted octanol–water partition coefficient (Wildman–Crippen LogP) is 1.33. The van der Waals surface area contributed by atoms with Crippen molar-refractivity contribution >= 4 is 33.4 Å². The van der Waals surface area contributed by atoms with Gasteiger partial charge in [-0.2, -0.15) is 0 Å². The van der Waals surface area contributed by atoms with E-state index >= 15 is 0 Å². The SMILES string of the molecule is O=C(O)c1sc2cc[nH]c2c1CC(=O)N1CCOCC1. The molecule has 0 saturated carbocycles. The number of hydrogen-bond acceptors (Lipinski definition) is 4. The fourth-order valence-corrected chi connectivity index (χ4v) is 3.40. The number of carbonyl (C=O) groups excluding carboxylic acids is 1. The van der Waals surface area contributed by atoms with Crippen LogP contribution in [-0.2, 0) is 16.0 Å². The highest BCUT2D eigenvalue weighted by molar-refractivity contribution is 7.21. The molecule has 20 heavy (non-hydrogen) atoms. The van der Waals surface area contributed by atoms with Gasteiger partial charge in [-0.1, -0.05) is 0 Å². The second-order valence-electron chi connectivity index (χ2n) is 4.60. The summed E-state index contributed by atoms with van der Waals surface area (Å²) >= 11 is 1.20. The van der Waals surface area contributed by atoms with Crippen LogP contribution >= 0.6 is 11.3 Å². The minimum Gasteiger partial charge on any atom is -0.477 e. The summed E-state index contributed by atoms with van der Waals surface area (Å²) < 4.78 is 6.08.